The van der Waals surface area contributed by atoms with E-state index in [9.17, 15) is 14.0 Å². The molecule has 72 valence electrons. The van der Waals surface area contributed by atoms with Crippen LogP contribution >= 0.6 is 27.5 Å². The number of nitrogens with one attached hydrogen (secondary N) is 1. The lowest BCUT2D eigenvalue weighted by atomic mass is 10.1. The number of fused-ring (bicyclic) bond motifs is 1. The first-order chi connectivity index (χ1) is 6.52. The van der Waals surface area contributed by atoms with Gasteiger partial charge in [0.2, 0.25) is 0 Å². The van der Waals surface area contributed by atoms with Gasteiger partial charge in [-0.25, -0.2) is 4.39 Å². The Bertz CT molecular complexity index is 475. The third-order valence-corrected chi connectivity index (χ3v) is 3.19. The summed E-state index contributed by atoms with van der Waals surface area (Å²) in [5.41, 5.74) is -0.156. The first-order valence-corrected chi connectivity index (χ1v) is 4.72. The Labute approximate surface area is 91.4 Å². The van der Waals surface area contributed by atoms with E-state index in [-0.39, 0.29) is 20.7 Å². The predicted molar refractivity (Wildman–Crippen MR) is 52.1 cm³/mol. The van der Waals surface area contributed by atoms with Crippen molar-refractivity contribution >= 4 is 44.9 Å². The van der Waals surface area contributed by atoms with Gasteiger partial charge in [0.25, 0.3) is 11.7 Å². The van der Waals surface area contributed by atoms with E-state index in [1.165, 1.54) is 0 Å². The average molecular weight is 278 g/mol. The van der Waals surface area contributed by atoms with Crippen molar-refractivity contribution in [2.75, 3.05) is 5.32 Å². The van der Waals surface area contributed by atoms with Crippen molar-refractivity contribution in [3.63, 3.8) is 0 Å². The molecule has 0 bridgehead atoms. The number of amides is 1. The molecule has 1 aliphatic rings. The molecule has 1 N–H and O–H groups in total. The summed E-state index contributed by atoms with van der Waals surface area (Å²) in [5.74, 6) is -2.34. The summed E-state index contributed by atoms with van der Waals surface area (Å²) >= 11 is 8.65. The molecule has 1 aromatic rings. The zero-order chi connectivity index (χ0) is 10.5. The lowest BCUT2D eigenvalue weighted by Gasteiger charge is -2.02. The highest BCUT2D eigenvalue weighted by atomic mass is 79.9. The Morgan fingerprint density at radius 1 is 1.43 bits per heavy atom. The van der Waals surface area contributed by atoms with Gasteiger partial charge in [0.05, 0.1) is 16.3 Å². The zero-order valence-electron chi connectivity index (χ0n) is 6.53. The van der Waals surface area contributed by atoms with Crippen LogP contribution < -0.4 is 5.32 Å². The average Bonchev–Trinajstić information content (AvgIpc) is 2.41. The molecule has 3 nitrogen and oxygen atoms in total. The number of benzene rings is 1. The molecule has 0 unspecified atom stereocenters. The largest absolute Gasteiger partial charge is 0.316 e. The molecule has 6 heteroatoms. The zero-order valence-corrected chi connectivity index (χ0v) is 8.87. The minimum Gasteiger partial charge on any atom is -0.316 e. The third kappa shape index (κ3) is 1.16. The molecule has 0 radical (unpaired) electrons. The van der Waals surface area contributed by atoms with Gasteiger partial charge in [0.15, 0.2) is 0 Å². The van der Waals surface area contributed by atoms with Crippen LogP contribution in [-0.4, -0.2) is 11.7 Å². The van der Waals surface area contributed by atoms with E-state index in [1.54, 1.807) is 0 Å². The summed E-state index contributed by atoms with van der Waals surface area (Å²) in [4.78, 5) is 22.2. The molecule has 2 rings (SSSR count). The van der Waals surface area contributed by atoms with E-state index < -0.39 is 17.5 Å². The standard InChI is InChI=1S/C8H2BrClFNO2/c9-5-2(10)1-3(11)6-4(5)7(13)8(14)12-6/h1H,(H,12,13,14). The Hall–Kier alpha value is -0.940. The van der Waals surface area contributed by atoms with Gasteiger partial charge in [-0.2, -0.15) is 0 Å². The first kappa shape index (κ1) is 9.61. The minimum absolute atomic E-state index is 0.0417. The second kappa shape index (κ2) is 3.03. The molecule has 14 heavy (non-hydrogen) atoms. The molecular formula is C8H2BrClFNO2. The van der Waals surface area contributed by atoms with Gasteiger partial charge in [-0.3, -0.25) is 9.59 Å². The molecule has 0 atom stereocenters. The number of rotatable bonds is 0. The smallest absolute Gasteiger partial charge is 0.296 e. The molecule has 0 aromatic heterocycles. The van der Waals surface area contributed by atoms with Crippen molar-refractivity contribution in [3.8, 4) is 0 Å². The van der Waals surface area contributed by atoms with Crippen molar-refractivity contribution in [1.29, 1.82) is 0 Å². The van der Waals surface area contributed by atoms with Crippen LogP contribution in [0.25, 0.3) is 0 Å². The van der Waals surface area contributed by atoms with Gasteiger partial charge >= 0.3 is 0 Å². The number of hydrogen-bond donors (Lipinski definition) is 1. The van der Waals surface area contributed by atoms with Crippen LogP contribution in [0.1, 0.15) is 10.4 Å². The highest BCUT2D eigenvalue weighted by Gasteiger charge is 2.33. The van der Waals surface area contributed by atoms with Crippen molar-refractivity contribution in [2.45, 2.75) is 0 Å². The summed E-state index contributed by atoms with van der Waals surface area (Å²) in [7, 11) is 0. The quantitative estimate of drug-likeness (QED) is 0.585. The van der Waals surface area contributed by atoms with E-state index in [2.05, 4.69) is 21.2 Å². The van der Waals surface area contributed by atoms with Crippen molar-refractivity contribution in [3.05, 3.63) is 26.9 Å². The first-order valence-electron chi connectivity index (χ1n) is 3.55. The van der Waals surface area contributed by atoms with Gasteiger partial charge in [0.1, 0.15) is 5.82 Å². The van der Waals surface area contributed by atoms with Crippen LogP contribution in [0.15, 0.2) is 10.5 Å². The van der Waals surface area contributed by atoms with Gasteiger partial charge in [-0.15, -0.1) is 0 Å². The molecular weight excluding hydrogens is 276 g/mol. The van der Waals surface area contributed by atoms with Crippen LogP contribution in [0, 0.1) is 5.82 Å². The summed E-state index contributed by atoms with van der Waals surface area (Å²) in [6, 6.07) is 1.03. The second-order valence-electron chi connectivity index (χ2n) is 2.69. The number of Topliss-reactive ketones (excluding diaryl/α,β-unsaturated/α-hetero) is 1. The fourth-order valence-corrected chi connectivity index (χ4v) is 1.90. The van der Waals surface area contributed by atoms with E-state index in [4.69, 9.17) is 11.6 Å². The maximum absolute atomic E-state index is 13.2. The van der Waals surface area contributed by atoms with Gasteiger partial charge < -0.3 is 5.32 Å². The molecule has 1 heterocycles. The Kier molecular flexibility index (Phi) is 2.08. The number of ketones is 1. The number of halogens is 3. The molecule has 1 amide bonds. The van der Waals surface area contributed by atoms with E-state index in [0.29, 0.717) is 0 Å². The second-order valence-corrected chi connectivity index (χ2v) is 3.89. The van der Waals surface area contributed by atoms with E-state index in [1.807, 2.05) is 0 Å². The molecule has 1 aromatic carbocycles. The third-order valence-electron chi connectivity index (χ3n) is 1.84. The fourth-order valence-electron chi connectivity index (χ4n) is 1.21. The molecule has 0 aliphatic carbocycles. The Balaban J connectivity index is 2.80. The van der Waals surface area contributed by atoms with Crippen LogP contribution in [0.2, 0.25) is 5.02 Å². The number of carbonyl (C=O) groups is 2. The SMILES string of the molecule is O=C1Nc2c(F)cc(Cl)c(Br)c2C1=O. The molecule has 0 spiro atoms. The maximum atomic E-state index is 13.2. The normalized spacial score (nSPS) is 14.2. The fraction of sp³-hybridized carbons (Fsp3) is 0. The monoisotopic (exact) mass is 277 g/mol. The van der Waals surface area contributed by atoms with Crippen molar-refractivity contribution in [2.24, 2.45) is 0 Å². The Morgan fingerprint density at radius 3 is 2.71 bits per heavy atom. The number of anilines is 1. The highest BCUT2D eigenvalue weighted by molar-refractivity contribution is 9.10. The maximum Gasteiger partial charge on any atom is 0.296 e. The van der Waals surface area contributed by atoms with Crippen LogP contribution in [0.3, 0.4) is 0 Å². The molecule has 0 saturated carbocycles. The molecule has 0 fully saturated rings. The van der Waals surface area contributed by atoms with Gasteiger partial charge in [-0.1, -0.05) is 11.6 Å². The van der Waals surface area contributed by atoms with Crippen molar-refractivity contribution < 1.29 is 14.0 Å². The summed E-state index contributed by atoms with van der Waals surface area (Å²) in [5, 5.41) is 2.19. The van der Waals surface area contributed by atoms with Gasteiger partial charge in [0, 0.05) is 4.47 Å². The minimum atomic E-state index is -0.845. The van der Waals surface area contributed by atoms with Gasteiger partial charge in [-0.05, 0) is 22.0 Å². The van der Waals surface area contributed by atoms with Crippen molar-refractivity contribution in [1.82, 2.24) is 0 Å². The predicted octanol–water partition coefficient (Wildman–Crippen LogP) is 2.38. The molecule has 1 aliphatic heterocycles. The van der Waals surface area contributed by atoms with Crippen LogP contribution in [-0.2, 0) is 4.79 Å². The summed E-state index contributed by atoms with van der Waals surface area (Å²) in [6.07, 6.45) is 0. The number of carbonyl (C=O) groups excluding carboxylic acids is 2. The van der Waals surface area contributed by atoms with Crippen LogP contribution in [0.5, 0.6) is 0 Å². The summed E-state index contributed by atoms with van der Waals surface area (Å²) in [6.45, 7) is 0. The van der Waals surface area contributed by atoms with E-state index in [0.717, 1.165) is 6.07 Å². The highest BCUT2D eigenvalue weighted by Crippen LogP contribution is 2.37. The lowest BCUT2D eigenvalue weighted by Crippen LogP contribution is -2.12. The Morgan fingerprint density at radius 2 is 2.07 bits per heavy atom. The molecule has 0 saturated heterocycles. The van der Waals surface area contributed by atoms with Crippen LogP contribution in [0.4, 0.5) is 10.1 Å². The van der Waals surface area contributed by atoms with E-state index >= 15 is 0 Å². The summed E-state index contributed by atoms with van der Waals surface area (Å²) < 4.78 is 13.4. The topological polar surface area (TPSA) is 46.2 Å². The number of hydrogen-bond acceptors (Lipinski definition) is 2. The lowest BCUT2D eigenvalue weighted by molar-refractivity contribution is -0.112.